The van der Waals surface area contributed by atoms with E-state index in [1.165, 1.54) is 0 Å². The number of hydrogen-bond acceptors (Lipinski definition) is 1. The molecule has 0 aliphatic rings. The lowest BCUT2D eigenvalue weighted by molar-refractivity contribution is 1.28. The van der Waals surface area contributed by atoms with Crippen molar-refractivity contribution in [3.8, 4) is 0 Å². The van der Waals surface area contributed by atoms with Crippen molar-refractivity contribution < 1.29 is 0 Å². The molecule has 0 amide bonds. The molecule has 0 aliphatic carbocycles. The number of anilines is 2. The third-order valence-corrected chi connectivity index (χ3v) is 2.63. The van der Waals surface area contributed by atoms with E-state index in [2.05, 4.69) is 36.3 Å². The molecule has 2 aromatic carbocycles. The molecule has 0 saturated heterocycles. The van der Waals surface area contributed by atoms with Crippen molar-refractivity contribution in [1.29, 1.82) is 0 Å². The zero-order valence-corrected chi connectivity index (χ0v) is 9.71. The molecule has 0 fully saturated rings. The second-order valence-electron chi connectivity index (χ2n) is 3.65. The molecule has 0 radical (unpaired) electrons. The van der Waals surface area contributed by atoms with Crippen molar-refractivity contribution in [2.24, 2.45) is 0 Å². The Morgan fingerprint density at radius 2 is 1.47 bits per heavy atom. The molecule has 0 bridgehead atoms. The van der Waals surface area contributed by atoms with Crippen molar-refractivity contribution in [2.75, 3.05) is 4.90 Å². The van der Waals surface area contributed by atoms with Gasteiger partial charge in [0.25, 0.3) is 0 Å². The predicted molar refractivity (Wildman–Crippen MR) is 75.3 cm³/mol. The average Bonchev–Trinajstić information content (AvgIpc) is 2.41. The van der Waals surface area contributed by atoms with Gasteiger partial charge in [-0.2, -0.15) is 0 Å². The summed E-state index contributed by atoms with van der Waals surface area (Å²) >= 11 is 0. The van der Waals surface area contributed by atoms with Gasteiger partial charge in [-0.3, -0.25) is 0 Å². The Morgan fingerprint density at radius 3 is 2.12 bits per heavy atom. The van der Waals surface area contributed by atoms with Crippen molar-refractivity contribution in [1.82, 2.24) is 0 Å². The topological polar surface area (TPSA) is 3.24 Å². The summed E-state index contributed by atoms with van der Waals surface area (Å²) in [5, 5.41) is 0. The fraction of sp³-hybridized carbons (Fsp3) is 0. The Bertz CT molecular complexity index is 514. The maximum Gasteiger partial charge on any atom is 0.0527 e. The third kappa shape index (κ3) is 2.28. The van der Waals surface area contributed by atoms with Crippen LogP contribution in [0.4, 0.5) is 11.4 Å². The molecule has 2 rings (SSSR count). The molecule has 0 unspecified atom stereocenters. The number of para-hydroxylation sites is 2. The van der Waals surface area contributed by atoms with E-state index < -0.39 is 0 Å². The van der Waals surface area contributed by atoms with E-state index in [0.29, 0.717) is 0 Å². The van der Waals surface area contributed by atoms with Crippen LogP contribution in [0.2, 0.25) is 0 Å². The quantitative estimate of drug-likeness (QED) is 0.728. The summed E-state index contributed by atoms with van der Waals surface area (Å²) in [4.78, 5) is 2.05. The van der Waals surface area contributed by atoms with Crippen molar-refractivity contribution in [3.05, 3.63) is 79.5 Å². The fourth-order valence-corrected chi connectivity index (χ4v) is 1.81. The fourth-order valence-electron chi connectivity index (χ4n) is 1.81. The minimum absolute atomic E-state index is 1.09. The molecule has 1 nitrogen and oxygen atoms in total. The first kappa shape index (κ1) is 11.2. The average molecular weight is 221 g/mol. The Labute approximate surface area is 102 Å². The van der Waals surface area contributed by atoms with Crippen LogP contribution in [0.3, 0.4) is 0 Å². The molecule has 84 valence electrons. The van der Waals surface area contributed by atoms with Crippen LogP contribution < -0.4 is 4.90 Å². The summed E-state index contributed by atoms with van der Waals surface area (Å²) in [6, 6.07) is 18.3. The predicted octanol–water partition coefficient (Wildman–Crippen LogP) is 4.61. The van der Waals surface area contributed by atoms with Gasteiger partial charge in [-0.05, 0) is 23.8 Å². The van der Waals surface area contributed by atoms with Crippen LogP contribution >= 0.6 is 0 Å². The van der Waals surface area contributed by atoms with Gasteiger partial charge in [-0.15, -0.1) is 0 Å². The van der Waals surface area contributed by atoms with Gasteiger partial charge in [-0.25, -0.2) is 0 Å². The first-order valence-corrected chi connectivity index (χ1v) is 5.55. The van der Waals surface area contributed by atoms with Gasteiger partial charge in [0.2, 0.25) is 0 Å². The summed E-state index contributed by atoms with van der Waals surface area (Å²) in [7, 11) is 0. The number of benzene rings is 2. The lowest BCUT2D eigenvalue weighted by Gasteiger charge is -2.22. The summed E-state index contributed by atoms with van der Waals surface area (Å²) < 4.78 is 0. The van der Waals surface area contributed by atoms with Gasteiger partial charge in [0.1, 0.15) is 0 Å². The Hall–Kier alpha value is -2.28. The van der Waals surface area contributed by atoms with Crippen LogP contribution in [0, 0.1) is 0 Å². The molecule has 0 heterocycles. The van der Waals surface area contributed by atoms with E-state index >= 15 is 0 Å². The minimum Gasteiger partial charge on any atom is -0.317 e. The van der Waals surface area contributed by atoms with Crippen molar-refractivity contribution in [2.45, 2.75) is 0 Å². The molecule has 0 N–H and O–H groups in total. The monoisotopic (exact) mass is 221 g/mol. The normalized spacial score (nSPS) is 9.65. The molecule has 0 aromatic heterocycles. The van der Waals surface area contributed by atoms with E-state index in [-0.39, 0.29) is 0 Å². The van der Waals surface area contributed by atoms with Crippen LogP contribution in [0.1, 0.15) is 5.56 Å². The molecule has 1 heteroatoms. The molecule has 17 heavy (non-hydrogen) atoms. The van der Waals surface area contributed by atoms with Crippen molar-refractivity contribution in [3.63, 3.8) is 0 Å². The molecule has 0 saturated carbocycles. The molecule has 0 aliphatic heterocycles. The highest BCUT2D eigenvalue weighted by atomic mass is 15.1. The SMILES string of the molecule is C=Cc1ccccc1N(C=C)c1ccccc1. The second-order valence-corrected chi connectivity index (χ2v) is 3.65. The lowest BCUT2D eigenvalue weighted by atomic mass is 10.1. The molecular weight excluding hydrogens is 206 g/mol. The van der Waals surface area contributed by atoms with E-state index in [1.807, 2.05) is 48.7 Å². The van der Waals surface area contributed by atoms with Gasteiger partial charge in [0, 0.05) is 11.9 Å². The highest BCUT2D eigenvalue weighted by Gasteiger charge is 2.07. The van der Waals surface area contributed by atoms with Gasteiger partial charge < -0.3 is 4.90 Å². The van der Waals surface area contributed by atoms with Crippen LogP contribution in [0.15, 0.2) is 74.0 Å². The Morgan fingerprint density at radius 1 is 0.824 bits per heavy atom. The number of hydrogen-bond donors (Lipinski definition) is 0. The standard InChI is InChI=1S/C16H15N/c1-3-14-10-8-9-13-16(14)17(4-2)15-11-6-5-7-12-15/h3-13H,1-2H2. The molecule has 0 atom stereocenters. The third-order valence-electron chi connectivity index (χ3n) is 2.63. The Balaban J connectivity index is 2.49. The molecular formula is C16H15N. The zero-order valence-electron chi connectivity index (χ0n) is 9.71. The van der Waals surface area contributed by atoms with Gasteiger partial charge in [0.05, 0.1) is 5.69 Å². The van der Waals surface area contributed by atoms with Gasteiger partial charge >= 0.3 is 0 Å². The highest BCUT2D eigenvalue weighted by molar-refractivity contribution is 5.74. The maximum absolute atomic E-state index is 3.88. The second kappa shape index (κ2) is 5.17. The summed E-state index contributed by atoms with van der Waals surface area (Å²) in [5.41, 5.74) is 3.27. The molecule has 2 aromatic rings. The van der Waals surface area contributed by atoms with Gasteiger partial charge in [-0.1, -0.05) is 55.6 Å². The first-order chi connectivity index (χ1) is 8.36. The highest BCUT2D eigenvalue weighted by Crippen LogP contribution is 2.29. The minimum atomic E-state index is 1.09. The lowest BCUT2D eigenvalue weighted by Crippen LogP contribution is -2.08. The largest absolute Gasteiger partial charge is 0.317 e. The number of nitrogens with zero attached hydrogens (tertiary/aromatic N) is 1. The van der Waals surface area contributed by atoms with Crippen molar-refractivity contribution >= 4 is 17.5 Å². The van der Waals surface area contributed by atoms with Crippen LogP contribution in [-0.2, 0) is 0 Å². The van der Waals surface area contributed by atoms with Gasteiger partial charge in [0.15, 0.2) is 0 Å². The van der Waals surface area contributed by atoms with E-state index in [1.54, 1.807) is 0 Å². The maximum atomic E-state index is 3.88. The smallest absolute Gasteiger partial charge is 0.0527 e. The van der Waals surface area contributed by atoms with Crippen LogP contribution in [0.25, 0.3) is 6.08 Å². The van der Waals surface area contributed by atoms with Crippen LogP contribution in [-0.4, -0.2) is 0 Å². The first-order valence-electron chi connectivity index (χ1n) is 5.55. The Kier molecular flexibility index (Phi) is 3.41. The number of rotatable bonds is 4. The van der Waals surface area contributed by atoms with E-state index in [0.717, 1.165) is 16.9 Å². The zero-order chi connectivity index (χ0) is 12.1. The van der Waals surface area contributed by atoms with E-state index in [9.17, 15) is 0 Å². The summed E-state index contributed by atoms with van der Waals surface area (Å²) in [5.74, 6) is 0. The summed E-state index contributed by atoms with van der Waals surface area (Å²) in [6.07, 6.45) is 3.67. The summed E-state index contributed by atoms with van der Waals surface area (Å²) in [6.45, 7) is 7.72. The molecule has 0 spiro atoms. The van der Waals surface area contributed by atoms with Crippen LogP contribution in [0.5, 0.6) is 0 Å². The van der Waals surface area contributed by atoms with E-state index in [4.69, 9.17) is 0 Å².